The summed E-state index contributed by atoms with van der Waals surface area (Å²) in [6.45, 7) is 5.50. The second-order valence-electron chi connectivity index (χ2n) is 7.58. The lowest BCUT2D eigenvalue weighted by Gasteiger charge is -2.32. The topological polar surface area (TPSA) is 84.9 Å². The van der Waals surface area contributed by atoms with E-state index in [0.29, 0.717) is 25.5 Å². The third-order valence-electron chi connectivity index (χ3n) is 5.42. The van der Waals surface area contributed by atoms with Gasteiger partial charge in [-0.2, -0.15) is 0 Å². The van der Waals surface area contributed by atoms with Crippen molar-refractivity contribution >= 4 is 17.8 Å². The van der Waals surface area contributed by atoms with E-state index in [0.717, 1.165) is 51.7 Å². The highest BCUT2D eigenvalue weighted by molar-refractivity contribution is 5.82. The Bertz CT molecular complexity index is 596. The average molecular weight is 407 g/mol. The zero-order valence-corrected chi connectivity index (χ0v) is 17.4. The molecule has 2 heterocycles. The predicted octanol–water partition coefficient (Wildman–Crippen LogP) is 2.22. The molecule has 1 N–H and O–H groups in total. The van der Waals surface area contributed by atoms with Gasteiger partial charge in [0.15, 0.2) is 0 Å². The molecule has 0 radical (unpaired) electrons. The molecule has 0 aromatic rings. The zero-order chi connectivity index (χ0) is 20.9. The van der Waals surface area contributed by atoms with Crippen LogP contribution in [0, 0.1) is 11.8 Å². The molecule has 0 unspecified atom stereocenters. The molecule has 7 heteroatoms. The number of carbonyl (C=O) groups is 3. The Balaban J connectivity index is 1.67. The van der Waals surface area contributed by atoms with E-state index in [-0.39, 0.29) is 24.4 Å². The Morgan fingerprint density at radius 1 is 1.10 bits per heavy atom. The Morgan fingerprint density at radius 3 is 2.66 bits per heavy atom. The largest absolute Gasteiger partial charge is 0.463 e. The van der Waals surface area contributed by atoms with Gasteiger partial charge in [-0.05, 0) is 64.1 Å². The van der Waals surface area contributed by atoms with Crippen molar-refractivity contribution < 1.29 is 23.9 Å². The molecule has 0 aromatic carbocycles. The summed E-state index contributed by atoms with van der Waals surface area (Å²) in [5.74, 6) is -0.128. The monoisotopic (exact) mass is 406 g/mol. The molecule has 29 heavy (non-hydrogen) atoms. The first-order valence-electron chi connectivity index (χ1n) is 10.7. The van der Waals surface area contributed by atoms with Gasteiger partial charge in [-0.25, -0.2) is 4.79 Å². The summed E-state index contributed by atoms with van der Waals surface area (Å²) in [6.07, 6.45) is 11.6. The molecule has 7 nitrogen and oxygen atoms in total. The van der Waals surface area contributed by atoms with Gasteiger partial charge in [0.25, 0.3) is 0 Å². The van der Waals surface area contributed by atoms with Crippen molar-refractivity contribution in [2.45, 2.75) is 45.4 Å². The first-order chi connectivity index (χ1) is 14.1. The molecule has 2 rings (SSSR count). The summed E-state index contributed by atoms with van der Waals surface area (Å²) in [6, 6.07) is 0. The van der Waals surface area contributed by atoms with E-state index in [1.165, 1.54) is 6.08 Å². The van der Waals surface area contributed by atoms with Gasteiger partial charge in [0, 0.05) is 25.6 Å². The van der Waals surface area contributed by atoms with Gasteiger partial charge in [-0.1, -0.05) is 12.2 Å². The highest BCUT2D eigenvalue weighted by atomic mass is 16.5. The van der Waals surface area contributed by atoms with Crippen LogP contribution in [-0.4, -0.2) is 62.1 Å². The van der Waals surface area contributed by atoms with Crippen LogP contribution >= 0.6 is 0 Å². The third kappa shape index (κ3) is 8.81. The summed E-state index contributed by atoms with van der Waals surface area (Å²) >= 11 is 0. The lowest BCUT2D eigenvalue weighted by atomic mass is 9.92. The number of nitrogens with one attached hydrogen (secondary N) is 1. The van der Waals surface area contributed by atoms with Gasteiger partial charge < -0.3 is 19.7 Å². The number of amides is 1. The first-order valence-corrected chi connectivity index (χ1v) is 10.7. The van der Waals surface area contributed by atoms with E-state index in [1.807, 2.05) is 4.90 Å². The maximum Gasteiger partial charge on any atom is 0.330 e. The summed E-state index contributed by atoms with van der Waals surface area (Å²) in [5, 5.41) is 3.35. The predicted molar refractivity (Wildman–Crippen MR) is 110 cm³/mol. The number of ether oxygens (including phenoxy) is 2. The van der Waals surface area contributed by atoms with Crippen molar-refractivity contribution in [2.24, 2.45) is 11.8 Å². The number of nitrogens with zero attached hydrogens (tertiary/aromatic N) is 1. The van der Waals surface area contributed by atoms with Crippen LogP contribution in [0.4, 0.5) is 0 Å². The number of piperidine rings is 2. The van der Waals surface area contributed by atoms with Crippen molar-refractivity contribution in [1.29, 1.82) is 0 Å². The number of allylic oxidation sites excluding steroid dienone is 2. The fraction of sp³-hybridized carbons (Fsp3) is 0.682. The number of esters is 2. The van der Waals surface area contributed by atoms with Crippen LogP contribution in [-0.2, 0) is 23.9 Å². The van der Waals surface area contributed by atoms with Crippen molar-refractivity contribution in [2.75, 3.05) is 39.4 Å². The van der Waals surface area contributed by atoms with E-state index in [9.17, 15) is 14.4 Å². The molecule has 0 aromatic heterocycles. The van der Waals surface area contributed by atoms with Crippen LogP contribution in [0.15, 0.2) is 24.3 Å². The minimum Gasteiger partial charge on any atom is -0.463 e. The molecule has 0 spiro atoms. The summed E-state index contributed by atoms with van der Waals surface area (Å²) in [4.78, 5) is 37.8. The van der Waals surface area contributed by atoms with E-state index in [1.54, 1.807) is 25.2 Å². The number of hydrogen-bond donors (Lipinski definition) is 1. The minimum atomic E-state index is -0.402. The number of hydrogen-bond acceptors (Lipinski definition) is 6. The third-order valence-corrected chi connectivity index (χ3v) is 5.42. The molecule has 1 atom stereocenters. The molecular weight excluding hydrogens is 372 g/mol. The SMILES string of the molecule is CCOC(=O)/C=C/C=C/COC(=O)[C@@H]1CCCN(C(=O)CCC2CCNCC2)C1. The Kier molecular flexibility index (Phi) is 10.5. The van der Waals surface area contributed by atoms with E-state index in [4.69, 9.17) is 9.47 Å². The van der Waals surface area contributed by atoms with E-state index < -0.39 is 5.97 Å². The fourth-order valence-corrected chi connectivity index (χ4v) is 3.76. The van der Waals surface area contributed by atoms with Crippen molar-refractivity contribution in [3.63, 3.8) is 0 Å². The van der Waals surface area contributed by atoms with Crippen LogP contribution in [0.5, 0.6) is 0 Å². The molecule has 162 valence electrons. The van der Waals surface area contributed by atoms with Crippen LogP contribution < -0.4 is 5.32 Å². The zero-order valence-electron chi connectivity index (χ0n) is 17.4. The van der Waals surface area contributed by atoms with Gasteiger partial charge in [0.2, 0.25) is 5.91 Å². The highest BCUT2D eigenvalue weighted by Gasteiger charge is 2.29. The Morgan fingerprint density at radius 2 is 1.90 bits per heavy atom. The van der Waals surface area contributed by atoms with E-state index in [2.05, 4.69) is 5.32 Å². The second-order valence-corrected chi connectivity index (χ2v) is 7.58. The van der Waals surface area contributed by atoms with Gasteiger partial charge in [0.1, 0.15) is 6.61 Å². The number of likely N-dealkylation sites (tertiary alicyclic amines) is 1. The van der Waals surface area contributed by atoms with Gasteiger partial charge >= 0.3 is 11.9 Å². The van der Waals surface area contributed by atoms with Crippen LogP contribution in [0.1, 0.15) is 45.4 Å². The molecular formula is C22H34N2O5. The van der Waals surface area contributed by atoms with Crippen molar-refractivity contribution in [3.8, 4) is 0 Å². The fourth-order valence-electron chi connectivity index (χ4n) is 3.76. The first kappa shape index (κ1) is 23.1. The lowest BCUT2D eigenvalue weighted by Crippen LogP contribution is -2.43. The molecule has 0 bridgehead atoms. The smallest absolute Gasteiger partial charge is 0.330 e. The van der Waals surface area contributed by atoms with Gasteiger partial charge in [0.05, 0.1) is 12.5 Å². The van der Waals surface area contributed by atoms with Crippen LogP contribution in [0.25, 0.3) is 0 Å². The molecule has 2 aliphatic rings. The molecule has 2 saturated heterocycles. The summed E-state index contributed by atoms with van der Waals surface area (Å²) < 4.78 is 10.1. The Hall–Kier alpha value is -2.15. The molecule has 1 amide bonds. The number of carbonyl (C=O) groups excluding carboxylic acids is 3. The highest BCUT2D eigenvalue weighted by Crippen LogP contribution is 2.22. The quantitative estimate of drug-likeness (QED) is 0.359. The normalized spacial score (nSPS) is 20.9. The Labute approximate surface area is 173 Å². The van der Waals surface area contributed by atoms with E-state index >= 15 is 0 Å². The van der Waals surface area contributed by atoms with Gasteiger partial charge in [-0.15, -0.1) is 0 Å². The summed E-state index contributed by atoms with van der Waals surface area (Å²) in [7, 11) is 0. The average Bonchev–Trinajstić information content (AvgIpc) is 2.75. The molecule has 0 saturated carbocycles. The summed E-state index contributed by atoms with van der Waals surface area (Å²) in [5.41, 5.74) is 0. The maximum atomic E-state index is 12.5. The molecule has 0 aliphatic carbocycles. The second kappa shape index (κ2) is 13.1. The molecule has 2 fully saturated rings. The minimum absolute atomic E-state index is 0.145. The van der Waals surface area contributed by atoms with Crippen LogP contribution in [0.2, 0.25) is 0 Å². The lowest BCUT2D eigenvalue weighted by molar-refractivity contribution is -0.150. The van der Waals surface area contributed by atoms with Crippen LogP contribution in [0.3, 0.4) is 0 Å². The standard InChI is InChI=1S/C22H34N2O5/c1-2-28-21(26)8-4-3-5-16-29-22(27)19-7-6-15-24(17-19)20(25)10-9-18-11-13-23-14-12-18/h3-5,8,18-19,23H,2,6-7,9-17H2,1H3/b5-3+,8-4+/t19-/m1/s1. The maximum absolute atomic E-state index is 12.5. The van der Waals surface area contributed by atoms with Gasteiger partial charge in [-0.3, -0.25) is 9.59 Å². The number of rotatable bonds is 9. The van der Waals surface area contributed by atoms with Crippen molar-refractivity contribution in [1.82, 2.24) is 10.2 Å². The van der Waals surface area contributed by atoms with Crippen molar-refractivity contribution in [3.05, 3.63) is 24.3 Å². The molecule has 2 aliphatic heterocycles.